The van der Waals surface area contributed by atoms with Gasteiger partial charge in [-0.2, -0.15) is 4.31 Å². The average Bonchev–Trinajstić information content (AvgIpc) is 2.71. The van der Waals surface area contributed by atoms with Crippen molar-refractivity contribution in [3.63, 3.8) is 0 Å². The minimum atomic E-state index is -3.55. The average molecular weight is 504 g/mol. The number of benzene rings is 2. The van der Waals surface area contributed by atoms with Gasteiger partial charge in [0.1, 0.15) is 5.75 Å². The number of amides is 1. The number of sulfonamides is 1. The number of carbonyl (C=O) groups excluding carboxylic acids is 1. The lowest BCUT2D eigenvalue weighted by molar-refractivity contribution is -0.125. The molecule has 0 heterocycles. The SMILES string of the molecule is CCN(CC)S(=O)(=O)c1ccc(NC(=S)NC(=O)C(C)Oc2ccc(Cl)cc2Cl)cc1. The lowest BCUT2D eigenvalue weighted by Crippen LogP contribution is -2.42. The maximum atomic E-state index is 12.5. The van der Waals surface area contributed by atoms with Gasteiger partial charge in [0.2, 0.25) is 10.0 Å². The van der Waals surface area contributed by atoms with Gasteiger partial charge in [0, 0.05) is 23.8 Å². The van der Waals surface area contributed by atoms with Gasteiger partial charge in [-0.1, -0.05) is 37.0 Å². The number of rotatable bonds is 8. The summed E-state index contributed by atoms with van der Waals surface area (Å²) in [4.78, 5) is 12.5. The zero-order valence-electron chi connectivity index (χ0n) is 17.2. The van der Waals surface area contributed by atoms with Gasteiger partial charge in [0.15, 0.2) is 11.2 Å². The van der Waals surface area contributed by atoms with E-state index >= 15 is 0 Å². The Hall–Kier alpha value is -1.91. The van der Waals surface area contributed by atoms with Crippen LogP contribution >= 0.6 is 35.4 Å². The van der Waals surface area contributed by atoms with Crippen LogP contribution in [0.25, 0.3) is 0 Å². The van der Waals surface area contributed by atoms with E-state index in [0.29, 0.717) is 29.5 Å². The molecule has 1 atom stereocenters. The van der Waals surface area contributed by atoms with Crippen molar-refractivity contribution >= 4 is 62.2 Å². The van der Waals surface area contributed by atoms with Crippen LogP contribution in [0.3, 0.4) is 0 Å². The highest BCUT2D eigenvalue weighted by Crippen LogP contribution is 2.28. The molecule has 0 saturated heterocycles. The van der Waals surface area contributed by atoms with Crippen molar-refractivity contribution in [1.82, 2.24) is 9.62 Å². The Kier molecular flexibility index (Phi) is 9.08. The second-order valence-corrected chi connectivity index (χ2v) is 9.58. The van der Waals surface area contributed by atoms with E-state index in [-0.39, 0.29) is 15.0 Å². The van der Waals surface area contributed by atoms with E-state index in [1.54, 1.807) is 45.0 Å². The summed E-state index contributed by atoms with van der Waals surface area (Å²) < 4.78 is 32.0. The van der Waals surface area contributed by atoms with E-state index in [9.17, 15) is 13.2 Å². The van der Waals surface area contributed by atoms with Crippen LogP contribution in [0.5, 0.6) is 5.75 Å². The molecular formula is C20H23Cl2N3O4S2. The van der Waals surface area contributed by atoms with Gasteiger partial charge < -0.3 is 10.1 Å². The lowest BCUT2D eigenvalue weighted by atomic mass is 10.3. The summed E-state index contributed by atoms with van der Waals surface area (Å²) in [6.07, 6.45) is -0.875. The van der Waals surface area contributed by atoms with Gasteiger partial charge >= 0.3 is 0 Å². The first-order valence-electron chi connectivity index (χ1n) is 9.42. The van der Waals surface area contributed by atoms with Crippen LogP contribution in [0.2, 0.25) is 10.0 Å². The van der Waals surface area contributed by atoms with E-state index in [0.717, 1.165) is 0 Å². The lowest BCUT2D eigenvalue weighted by Gasteiger charge is -2.19. The second kappa shape index (κ2) is 11.1. The molecule has 0 aromatic heterocycles. The van der Waals surface area contributed by atoms with Crippen LogP contribution in [0, 0.1) is 0 Å². The number of ether oxygens (including phenoxy) is 1. The molecule has 11 heteroatoms. The van der Waals surface area contributed by atoms with Crippen molar-refractivity contribution < 1.29 is 17.9 Å². The van der Waals surface area contributed by atoms with Gasteiger partial charge in [-0.15, -0.1) is 0 Å². The first kappa shape index (κ1) is 25.4. The molecule has 2 aromatic rings. The summed E-state index contributed by atoms with van der Waals surface area (Å²) in [6.45, 7) is 5.88. The smallest absolute Gasteiger partial charge is 0.266 e. The Bertz CT molecular complexity index is 1040. The van der Waals surface area contributed by atoms with Crippen LogP contribution in [-0.4, -0.2) is 42.9 Å². The monoisotopic (exact) mass is 503 g/mol. The predicted molar refractivity (Wildman–Crippen MR) is 127 cm³/mol. The molecule has 2 rings (SSSR count). The summed E-state index contributed by atoms with van der Waals surface area (Å²) in [6, 6.07) is 10.8. The molecule has 2 aromatic carbocycles. The fraction of sp³-hybridized carbons (Fsp3) is 0.300. The summed E-state index contributed by atoms with van der Waals surface area (Å²) in [5.74, 6) is -0.165. The van der Waals surface area contributed by atoms with Crippen molar-refractivity contribution in [3.8, 4) is 5.75 Å². The Labute approximate surface area is 197 Å². The summed E-state index contributed by atoms with van der Waals surface area (Å²) in [5, 5.41) is 6.14. The fourth-order valence-corrected chi connectivity index (χ4v) is 4.74. The molecule has 0 aliphatic rings. The Morgan fingerprint density at radius 2 is 1.74 bits per heavy atom. The number of hydrogen-bond donors (Lipinski definition) is 2. The number of hydrogen-bond acceptors (Lipinski definition) is 5. The normalized spacial score (nSPS) is 12.3. The number of carbonyl (C=O) groups is 1. The van der Waals surface area contributed by atoms with Crippen molar-refractivity contribution in [3.05, 3.63) is 52.5 Å². The standard InChI is InChI=1S/C20H23Cl2N3O4S2/c1-4-25(5-2)31(27,28)16-9-7-15(8-10-16)23-20(30)24-19(26)13(3)29-18-11-6-14(21)12-17(18)22/h6-13H,4-5H2,1-3H3,(H2,23,24,26,30). The molecule has 1 unspecified atom stereocenters. The molecule has 1 amide bonds. The molecule has 0 aliphatic carbocycles. The summed E-state index contributed by atoms with van der Waals surface area (Å²) >= 11 is 17.1. The molecule has 0 radical (unpaired) electrons. The van der Waals surface area contributed by atoms with E-state index in [1.807, 2.05) is 0 Å². The largest absolute Gasteiger partial charge is 0.479 e. The number of nitrogens with one attached hydrogen (secondary N) is 2. The molecule has 0 spiro atoms. The third-order valence-electron chi connectivity index (χ3n) is 4.26. The van der Waals surface area contributed by atoms with Gasteiger partial charge in [0.25, 0.3) is 5.91 Å². The van der Waals surface area contributed by atoms with Crippen LogP contribution < -0.4 is 15.4 Å². The van der Waals surface area contributed by atoms with Crippen molar-refractivity contribution in [2.75, 3.05) is 18.4 Å². The zero-order chi connectivity index (χ0) is 23.2. The van der Waals surface area contributed by atoms with E-state index in [1.165, 1.54) is 22.5 Å². The highest BCUT2D eigenvalue weighted by Gasteiger charge is 2.21. The summed E-state index contributed by atoms with van der Waals surface area (Å²) in [7, 11) is -3.55. The predicted octanol–water partition coefficient (Wildman–Crippen LogP) is 4.30. The van der Waals surface area contributed by atoms with Crippen LogP contribution in [0.15, 0.2) is 47.4 Å². The molecule has 0 fully saturated rings. The summed E-state index contributed by atoms with van der Waals surface area (Å²) in [5.41, 5.74) is 0.526. The molecule has 31 heavy (non-hydrogen) atoms. The number of halogens is 2. The fourth-order valence-electron chi connectivity index (χ4n) is 2.61. The van der Waals surface area contributed by atoms with Gasteiger partial charge in [0.05, 0.1) is 9.92 Å². The van der Waals surface area contributed by atoms with Crippen molar-refractivity contribution in [2.45, 2.75) is 31.8 Å². The molecule has 2 N–H and O–H groups in total. The minimum absolute atomic E-state index is 0.0435. The van der Waals surface area contributed by atoms with E-state index < -0.39 is 22.0 Å². The third kappa shape index (κ3) is 6.78. The van der Waals surface area contributed by atoms with Gasteiger partial charge in [-0.25, -0.2) is 8.42 Å². The molecular weight excluding hydrogens is 481 g/mol. The Morgan fingerprint density at radius 3 is 2.29 bits per heavy atom. The van der Waals surface area contributed by atoms with Crippen LogP contribution in [0.4, 0.5) is 5.69 Å². The first-order valence-corrected chi connectivity index (χ1v) is 12.0. The van der Waals surface area contributed by atoms with Crippen molar-refractivity contribution in [2.24, 2.45) is 0 Å². The number of thiocarbonyl (C=S) groups is 1. The van der Waals surface area contributed by atoms with Crippen LogP contribution in [0.1, 0.15) is 20.8 Å². The van der Waals surface area contributed by atoms with Gasteiger partial charge in [-0.05, 0) is 61.6 Å². The molecule has 168 valence electrons. The molecule has 0 aliphatic heterocycles. The highest BCUT2D eigenvalue weighted by molar-refractivity contribution is 7.89. The zero-order valence-corrected chi connectivity index (χ0v) is 20.3. The maximum absolute atomic E-state index is 12.5. The quantitative estimate of drug-likeness (QED) is 0.522. The Balaban J connectivity index is 1.96. The number of nitrogens with zero attached hydrogens (tertiary/aromatic N) is 1. The topological polar surface area (TPSA) is 87.7 Å². The molecule has 0 saturated carbocycles. The van der Waals surface area contributed by atoms with Crippen molar-refractivity contribution in [1.29, 1.82) is 0 Å². The van der Waals surface area contributed by atoms with E-state index in [4.69, 9.17) is 40.2 Å². The first-order chi connectivity index (χ1) is 14.6. The highest BCUT2D eigenvalue weighted by atomic mass is 35.5. The third-order valence-corrected chi connectivity index (χ3v) is 7.06. The van der Waals surface area contributed by atoms with Crippen LogP contribution in [-0.2, 0) is 14.8 Å². The maximum Gasteiger partial charge on any atom is 0.266 e. The van der Waals surface area contributed by atoms with Gasteiger partial charge in [-0.3, -0.25) is 10.1 Å². The minimum Gasteiger partial charge on any atom is -0.479 e. The Morgan fingerprint density at radius 1 is 1.13 bits per heavy atom. The molecule has 0 bridgehead atoms. The molecule has 7 nitrogen and oxygen atoms in total. The number of anilines is 1. The second-order valence-electron chi connectivity index (χ2n) is 6.39. The van der Waals surface area contributed by atoms with E-state index in [2.05, 4.69) is 10.6 Å².